The number of aryl methyl sites for hydroxylation is 1. The number of hydrogen-bond acceptors (Lipinski definition) is 5. The third kappa shape index (κ3) is 3.36. The average Bonchev–Trinajstić information content (AvgIpc) is 2.64. The predicted molar refractivity (Wildman–Crippen MR) is 77.8 cm³/mol. The third-order valence-electron chi connectivity index (χ3n) is 2.88. The first-order chi connectivity index (χ1) is 9.47. The van der Waals surface area contributed by atoms with Gasteiger partial charge in [-0.1, -0.05) is 0 Å². The highest BCUT2D eigenvalue weighted by Gasteiger charge is 2.12. The summed E-state index contributed by atoms with van der Waals surface area (Å²) in [6.07, 6.45) is 3.32. The van der Waals surface area contributed by atoms with Crippen LogP contribution in [-0.4, -0.2) is 20.7 Å². The monoisotopic (exact) mass is 338 g/mol. The molecular formula is C13H15BrN4O2. The Labute approximate surface area is 125 Å². The Hall–Kier alpha value is -1.89. The number of esters is 1. The minimum atomic E-state index is -0.365. The number of ether oxygens (including phenoxy) is 1. The number of aromatic nitrogens is 3. The first kappa shape index (κ1) is 14.5. The van der Waals surface area contributed by atoms with E-state index in [0.29, 0.717) is 11.4 Å². The van der Waals surface area contributed by atoms with E-state index < -0.39 is 0 Å². The maximum atomic E-state index is 11.8. The number of halogens is 1. The zero-order valence-electron chi connectivity index (χ0n) is 11.3. The number of nitrogens with zero attached hydrogens (tertiary/aromatic N) is 3. The number of carbonyl (C=O) groups excluding carboxylic acids is 1. The molecule has 7 heteroatoms. The van der Waals surface area contributed by atoms with Gasteiger partial charge in [-0.25, -0.2) is 0 Å². The minimum Gasteiger partial charge on any atom is -0.459 e. The van der Waals surface area contributed by atoms with E-state index in [2.05, 4.69) is 26.0 Å². The number of pyridine rings is 1. The Kier molecular flexibility index (Phi) is 4.39. The molecule has 2 aromatic heterocycles. The second-order valence-corrected chi connectivity index (χ2v) is 5.33. The number of rotatable bonds is 4. The normalized spacial score (nSPS) is 10.6. The van der Waals surface area contributed by atoms with Gasteiger partial charge >= 0.3 is 5.97 Å². The number of carbonyl (C=O) groups is 1. The molecular weight excluding hydrogens is 324 g/mol. The Morgan fingerprint density at radius 2 is 2.20 bits per heavy atom. The fourth-order valence-corrected chi connectivity index (χ4v) is 2.14. The quantitative estimate of drug-likeness (QED) is 0.862. The molecule has 0 bridgehead atoms. The zero-order chi connectivity index (χ0) is 14.7. The summed E-state index contributed by atoms with van der Waals surface area (Å²) < 4.78 is 7.58. The summed E-state index contributed by atoms with van der Waals surface area (Å²) in [5.74, 6) is -0.365. The summed E-state index contributed by atoms with van der Waals surface area (Å²) in [6.45, 7) is 3.85. The lowest BCUT2D eigenvalue weighted by molar-refractivity contribution is -0.145. The van der Waals surface area contributed by atoms with Crippen molar-refractivity contribution in [1.82, 2.24) is 14.8 Å². The van der Waals surface area contributed by atoms with E-state index in [1.54, 1.807) is 24.0 Å². The van der Waals surface area contributed by atoms with E-state index in [-0.39, 0.29) is 19.1 Å². The van der Waals surface area contributed by atoms with Gasteiger partial charge in [-0.05, 0) is 35.8 Å². The van der Waals surface area contributed by atoms with E-state index in [9.17, 15) is 4.79 Å². The smallest absolute Gasteiger partial charge is 0.328 e. The van der Waals surface area contributed by atoms with Crippen LogP contribution >= 0.6 is 15.9 Å². The molecule has 2 aromatic rings. The van der Waals surface area contributed by atoms with Crippen LogP contribution in [0.15, 0.2) is 22.9 Å². The molecule has 2 rings (SSSR count). The molecule has 0 saturated carbocycles. The van der Waals surface area contributed by atoms with Crippen molar-refractivity contribution >= 4 is 27.6 Å². The van der Waals surface area contributed by atoms with Gasteiger partial charge < -0.3 is 10.5 Å². The van der Waals surface area contributed by atoms with Gasteiger partial charge in [-0.2, -0.15) is 5.10 Å². The first-order valence-electron chi connectivity index (χ1n) is 6.02. The van der Waals surface area contributed by atoms with E-state index >= 15 is 0 Å². The van der Waals surface area contributed by atoms with Crippen molar-refractivity contribution < 1.29 is 9.53 Å². The molecule has 2 N–H and O–H groups in total. The zero-order valence-corrected chi connectivity index (χ0v) is 12.8. The second kappa shape index (κ2) is 6.04. The van der Waals surface area contributed by atoms with E-state index in [1.807, 2.05) is 13.0 Å². The van der Waals surface area contributed by atoms with Crippen LogP contribution in [0.1, 0.15) is 17.0 Å². The molecule has 0 atom stereocenters. The average molecular weight is 339 g/mol. The van der Waals surface area contributed by atoms with Gasteiger partial charge in [0.05, 0.1) is 17.1 Å². The van der Waals surface area contributed by atoms with E-state index in [4.69, 9.17) is 10.5 Å². The first-order valence-corrected chi connectivity index (χ1v) is 6.81. The van der Waals surface area contributed by atoms with Crippen LogP contribution in [0.5, 0.6) is 0 Å². The Morgan fingerprint density at radius 3 is 2.80 bits per heavy atom. The molecule has 0 fully saturated rings. The van der Waals surface area contributed by atoms with Gasteiger partial charge in [0.1, 0.15) is 13.2 Å². The minimum absolute atomic E-state index is 0.0469. The van der Waals surface area contributed by atoms with Crippen LogP contribution in [0, 0.1) is 13.8 Å². The molecule has 106 valence electrons. The second-order valence-electron chi connectivity index (χ2n) is 4.41. The molecule has 0 aliphatic rings. The van der Waals surface area contributed by atoms with Gasteiger partial charge in [-0.15, -0.1) is 0 Å². The van der Waals surface area contributed by atoms with Crippen molar-refractivity contribution in [2.24, 2.45) is 0 Å². The third-order valence-corrected chi connectivity index (χ3v) is 3.31. The standard InChI is InChI=1S/C13H15BrN4O2/c1-8-13(15)9(2)18(17-8)6-12(19)20-7-10-3-11(14)5-16-4-10/h3-5H,6-7,15H2,1-2H3. The SMILES string of the molecule is Cc1nn(CC(=O)OCc2cncc(Br)c2)c(C)c1N. The molecule has 6 nitrogen and oxygen atoms in total. The predicted octanol–water partition coefficient (Wildman–Crippen LogP) is 1.98. The molecule has 0 aliphatic heterocycles. The lowest BCUT2D eigenvalue weighted by atomic mass is 10.3. The van der Waals surface area contributed by atoms with Crippen LogP contribution < -0.4 is 5.73 Å². The molecule has 0 amide bonds. The fraction of sp³-hybridized carbons (Fsp3) is 0.308. The van der Waals surface area contributed by atoms with Crippen LogP contribution in [0.3, 0.4) is 0 Å². The molecule has 0 saturated heterocycles. The topological polar surface area (TPSA) is 83.0 Å². The number of nitrogens with two attached hydrogens (primary N) is 1. The summed E-state index contributed by atoms with van der Waals surface area (Å²) in [6, 6.07) is 1.85. The van der Waals surface area contributed by atoms with Crippen LogP contribution in [-0.2, 0) is 22.7 Å². The molecule has 0 radical (unpaired) electrons. The van der Waals surface area contributed by atoms with E-state index in [0.717, 1.165) is 15.7 Å². The highest BCUT2D eigenvalue weighted by molar-refractivity contribution is 9.10. The highest BCUT2D eigenvalue weighted by atomic mass is 79.9. The van der Waals surface area contributed by atoms with Crippen molar-refractivity contribution in [3.63, 3.8) is 0 Å². The number of hydrogen-bond donors (Lipinski definition) is 1. The lowest BCUT2D eigenvalue weighted by Gasteiger charge is -2.06. The fourth-order valence-electron chi connectivity index (χ4n) is 1.73. The lowest BCUT2D eigenvalue weighted by Crippen LogP contribution is -2.15. The van der Waals surface area contributed by atoms with Crippen LogP contribution in [0.2, 0.25) is 0 Å². The largest absolute Gasteiger partial charge is 0.459 e. The maximum Gasteiger partial charge on any atom is 0.328 e. The number of nitrogen functional groups attached to an aromatic ring is 1. The summed E-state index contributed by atoms with van der Waals surface area (Å²) in [5.41, 5.74) is 8.72. The highest BCUT2D eigenvalue weighted by Crippen LogP contribution is 2.15. The molecule has 0 spiro atoms. The van der Waals surface area contributed by atoms with Crippen LogP contribution in [0.4, 0.5) is 5.69 Å². The Bertz CT molecular complexity index is 639. The van der Waals surface area contributed by atoms with Crippen LogP contribution in [0.25, 0.3) is 0 Å². The van der Waals surface area contributed by atoms with Gasteiger partial charge in [0.25, 0.3) is 0 Å². The summed E-state index contributed by atoms with van der Waals surface area (Å²) in [7, 11) is 0. The van der Waals surface area contributed by atoms with Gasteiger partial charge in [-0.3, -0.25) is 14.5 Å². The molecule has 0 aliphatic carbocycles. The van der Waals surface area contributed by atoms with Crippen molar-refractivity contribution in [2.75, 3.05) is 5.73 Å². The van der Waals surface area contributed by atoms with Crippen molar-refractivity contribution in [2.45, 2.75) is 27.0 Å². The summed E-state index contributed by atoms with van der Waals surface area (Å²) in [5, 5.41) is 4.19. The van der Waals surface area contributed by atoms with E-state index in [1.165, 1.54) is 0 Å². The van der Waals surface area contributed by atoms with Crippen molar-refractivity contribution in [3.05, 3.63) is 39.9 Å². The molecule has 20 heavy (non-hydrogen) atoms. The summed E-state index contributed by atoms with van der Waals surface area (Å²) in [4.78, 5) is 15.8. The van der Waals surface area contributed by atoms with Crippen molar-refractivity contribution in [1.29, 1.82) is 0 Å². The molecule has 2 heterocycles. The Morgan fingerprint density at radius 1 is 1.45 bits per heavy atom. The number of anilines is 1. The summed E-state index contributed by atoms with van der Waals surface area (Å²) >= 11 is 3.31. The van der Waals surface area contributed by atoms with Crippen molar-refractivity contribution in [3.8, 4) is 0 Å². The van der Waals surface area contributed by atoms with Gasteiger partial charge in [0.15, 0.2) is 0 Å². The van der Waals surface area contributed by atoms with Gasteiger partial charge in [0, 0.05) is 22.4 Å². The molecule has 0 unspecified atom stereocenters. The Balaban J connectivity index is 1.94. The van der Waals surface area contributed by atoms with Gasteiger partial charge in [0.2, 0.25) is 0 Å². The molecule has 0 aromatic carbocycles. The maximum absolute atomic E-state index is 11.8.